The van der Waals surface area contributed by atoms with Gasteiger partial charge in [0.25, 0.3) is 17.1 Å². The quantitative estimate of drug-likeness (QED) is 0.0612. The number of nitrogens with zero attached hydrogens (tertiary/aromatic N) is 4. The predicted molar refractivity (Wildman–Crippen MR) is 359 cm³/mol. The molecule has 0 bridgehead atoms. The number of anilines is 1. The first-order valence-corrected chi connectivity index (χ1v) is 35.4. The van der Waals surface area contributed by atoms with Crippen molar-refractivity contribution in [1.29, 1.82) is 0 Å². The Hall–Kier alpha value is -6.86. The fraction of sp³-hybridized carbons (Fsp3) is 0.627. The summed E-state index contributed by atoms with van der Waals surface area (Å²) in [4.78, 5) is 109. The van der Waals surface area contributed by atoms with Crippen LogP contribution in [0.3, 0.4) is 0 Å². The van der Waals surface area contributed by atoms with E-state index in [0.29, 0.717) is 12.0 Å². The molecule has 0 radical (unpaired) electrons. The van der Waals surface area contributed by atoms with E-state index in [9.17, 15) is 93.2 Å². The first-order chi connectivity index (χ1) is 47.1. The normalized spacial score (nSPS) is 29.6. The number of benzene rings is 3. The molecule has 4 heterocycles. The monoisotopic (exact) mass is 1410 g/mol. The summed E-state index contributed by atoms with van der Waals surface area (Å²) >= 11 is -4.74. The average molecular weight is 1410 g/mol. The average Bonchev–Trinajstić information content (AvgIpc) is 1.55. The van der Waals surface area contributed by atoms with Gasteiger partial charge in [-0.05, 0) is 117 Å². The second-order valence-electron chi connectivity index (χ2n) is 27.3. The maximum absolute atomic E-state index is 15.0. The number of methoxy groups -OCH3 is 1. The molecule has 31 nitrogen and oxygen atoms in total. The van der Waals surface area contributed by atoms with Crippen LogP contribution in [0.2, 0.25) is 0 Å². The lowest BCUT2D eigenvalue weighted by molar-refractivity contribution is -0.147. The summed E-state index contributed by atoms with van der Waals surface area (Å²) in [5.74, 6) is -9.67. The summed E-state index contributed by atoms with van der Waals surface area (Å²) in [6.07, 6.45) is -3.32. The van der Waals surface area contributed by atoms with E-state index in [-0.39, 0.29) is 29.8 Å². The number of aliphatic hydroxyl groups is 8. The molecule has 99 heavy (non-hydrogen) atoms. The number of β-amino-alcohol motifs (C(OH)–C–C–N with tert-alkyl or cyclic N) is 1. The smallest absolute Gasteiger partial charge is 0.266 e. The topological polar surface area (TPSA) is 466 Å². The van der Waals surface area contributed by atoms with Crippen molar-refractivity contribution in [2.24, 2.45) is 11.8 Å². The van der Waals surface area contributed by atoms with Gasteiger partial charge in [0.1, 0.15) is 36.3 Å². The molecule has 4 saturated heterocycles. The summed E-state index contributed by atoms with van der Waals surface area (Å²) in [5.41, 5.74) is 2.73. The zero-order chi connectivity index (χ0) is 71.6. The fourth-order valence-electron chi connectivity index (χ4n) is 14.9. The molecule has 32 heteroatoms. The minimum absolute atomic E-state index is 0.0211. The maximum atomic E-state index is 15.0. The van der Waals surface area contributed by atoms with Gasteiger partial charge in [0.2, 0.25) is 35.4 Å². The summed E-state index contributed by atoms with van der Waals surface area (Å²) in [6, 6.07) is 5.74. The van der Waals surface area contributed by atoms with Crippen LogP contribution in [0.15, 0.2) is 66.7 Å². The van der Waals surface area contributed by atoms with Gasteiger partial charge in [-0.1, -0.05) is 50.1 Å². The molecule has 18 N–H and O–H groups in total. The first-order valence-electron chi connectivity index (χ1n) is 34.0. The third-order valence-electron chi connectivity index (χ3n) is 20.6. The molecule has 6 aliphatic rings. The van der Waals surface area contributed by atoms with Crippen molar-refractivity contribution < 1.29 is 102 Å². The Morgan fingerprint density at radius 2 is 1.33 bits per heavy atom. The molecule has 3 aromatic carbocycles. The predicted octanol–water partition coefficient (Wildman–Crippen LogP) is -1.50. The number of phenols is 1. The second-order valence-corrected chi connectivity index (χ2v) is 28.4. The largest absolute Gasteiger partial charge is 0.504 e. The number of fused-ring (bicyclic) bond motifs is 2. The Bertz CT molecular complexity index is 3250. The Morgan fingerprint density at radius 1 is 0.717 bits per heavy atom. The Labute approximate surface area is 576 Å². The number of hydrogen-bond donors (Lipinski definition) is 18. The number of aromatic hydroxyl groups is 1. The van der Waals surface area contributed by atoms with Crippen LogP contribution in [-0.4, -0.2) is 279 Å². The third kappa shape index (κ3) is 18.8. The SMILES string of the molecule is COC1(C2CCCC2)CCC(N2CCN(c3ccc(-c4ccc(C(=O)N[C@H]5C[C@@H](O)CNC(=O)[C@@H]6[C@@H](O)[C@@H](C)CN6C(=O)[C@H]([C@H](O)CCNC(CO)CO)NC(=O)[C@H]([C@H](O)Cc6ccc(O)c(OS(O)(O)O)c6)NC(=O)[C@@H]6C[C@@H](O)CN6C(=O)[C@H]([C@@H](C)O)NC5=O)cc4)cc3)CC2)CC1. The highest BCUT2D eigenvalue weighted by molar-refractivity contribution is 8.15. The van der Waals surface area contributed by atoms with Gasteiger partial charge in [-0.15, -0.1) is 0 Å². The molecule has 0 aromatic heterocycles. The van der Waals surface area contributed by atoms with Gasteiger partial charge in [-0.3, -0.25) is 52.1 Å². The molecular weight excluding hydrogens is 1310 g/mol. The molecule has 0 spiro atoms. The number of carbonyl (C=O) groups excluding carboxylic acids is 7. The van der Waals surface area contributed by atoms with Gasteiger partial charge < -0.3 is 101 Å². The number of rotatable bonds is 20. The van der Waals surface area contributed by atoms with Crippen molar-refractivity contribution in [2.75, 3.05) is 77.6 Å². The van der Waals surface area contributed by atoms with Crippen LogP contribution in [-0.2, 0) is 39.9 Å². The lowest BCUT2D eigenvalue weighted by atomic mass is 9.73. The summed E-state index contributed by atoms with van der Waals surface area (Å²) in [7, 11) is 1.89. The van der Waals surface area contributed by atoms with E-state index in [1.165, 1.54) is 50.8 Å². The summed E-state index contributed by atoms with van der Waals surface area (Å²) in [5, 5.41) is 114. The van der Waals surface area contributed by atoms with Gasteiger partial charge in [0, 0.05) is 95.4 Å². The Morgan fingerprint density at radius 3 is 1.95 bits per heavy atom. The molecule has 2 saturated carbocycles. The number of carbonyl (C=O) groups is 7. The number of nitrogens with one attached hydrogen (secondary N) is 6. The minimum Gasteiger partial charge on any atom is -0.504 e. The van der Waals surface area contributed by atoms with Gasteiger partial charge in [-0.2, -0.15) is 0 Å². The number of piperazine rings is 1. The highest BCUT2D eigenvalue weighted by Crippen LogP contribution is 2.46. The van der Waals surface area contributed by atoms with E-state index in [0.717, 1.165) is 97.5 Å². The van der Waals surface area contributed by atoms with Gasteiger partial charge in [0.15, 0.2) is 11.5 Å². The third-order valence-corrected chi connectivity index (χ3v) is 21.0. The molecule has 548 valence electrons. The molecule has 7 amide bonds. The zero-order valence-electron chi connectivity index (χ0n) is 55.9. The summed E-state index contributed by atoms with van der Waals surface area (Å²) < 4.78 is 39.7. The molecule has 2 aliphatic carbocycles. The van der Waals surface area contributed by atoms with Crippen molar-refractivity contribution in [2.45, 2.75) is 181 Å². The Balaban J connectivity index is 0.950. The van der Waals surface area contributed by atoms with E-state index in [1.54, 1.807) is 12.1 Å². The minimum atomic E-state index is -4.74. The van der Waals surface area contributed by atoms with E-state index >= 15 is 0 Å². The molecule has 0 unspecified atom stereocenters. The lowest BCUT2D eigenvalue weighted by Gasteiger charge is -2.47. The number of ether oxygens (including phenoxy) is 1. The van der Waals surface area contributed by atoms with E-state index in [4.69, 9.17) is 4.74 Å². The molecule has 9 rings (SSSR count). The highest BCUT2D eigenvalue weighted by Gasteiger charge is 2.51. The zero-order valence-corrected chi connectivity index (χ0v) is 56.7. The van der Waals surface area contributed by atoms with Crippen LogP contribution < -0.4 is 41.0 Å². The fourth-order valence-corrected chi connectivity index (χ4v) is 15.3. The number of phenolic OH excluding ortho intramolecular Hbond substituents is 1. The van der Waals surface area contributed by atoms with Crippen molar-refractivity contribution in [1.82, 2.24) is 46.6 Å². The van der Waals surface area contributed by atoms with Gasteiger partial charge in [0.05, 0.1) is 61.5 Å². The molecule has 3 aromatic rings. The maximum Gasteiger partial charge on any atom is 0.266 e. The Kier molecular flexibility index (Phi) is 26.0. The second kappa shape index (κ2) is 33.7. The van der Waals surface area contributed by atoms with Crippen LogP contribution in [0.5, 0.6) is 11.5 Å². The van der Waals surface area contributed by atoms with Crippen LogP contribution in [0.4, 0.5) is 5.69 Å². The number of amides is 7. The van der Waals surface area contributed by atoms with Crippen molar-refractivity contribution >= 4 is 58.2 Å². The van der Waals surface area contributed by atoms with Crippen molar-refractivity contribution in [3.8, 4) is 22.6 Å². The van der Waals surface area contributed by atoms with Gasteiger partial charge >= 0.3 is 0 Å². The standard InChI is InChI=1S/C67H98N10O21S/c1-37-33-77-58(59(37)86)64(91)69-32-47(81)30-49(70-60(87)42-11-9-40(10-12-42)41-13-15-45(16-14-41)74-24-26-75(27-25-74)46-18-21-67(97-3,22-19-46)43-6-4-5-7-43)61(88)71-55(38(2)80)65(92)76-34-48(82)31-50(76)62(89)72-56(53(85)28-39-8-17-51(83)54(29-39)98-99(94,95)96)63(90)73-57(66(77)93)52(84)20-23-68-44(35-78)36-79/h8-17,29,37-38,43-44,46-50,52-53,55-59,68,78-86,94-96H,4-7,18-28,30-36H2,1-3H3,(H,69,91)(H,70,87)(H,71,88)(H,72,89)(H,73,90)/t37-,38+,46?,47+,48+,49-,50-,52+,53+,55-,56-,57-,58-,59-,67?/m0/s1. The van der Waals surface area contributed by atoms with Crippen LogP contribution in [0.1, 0.15) is 100 Å². The molecular formula is C67H98N10O21S. The van der Waals surface area contributed by atoms with E-state index in [2.05, 4.69) is 58.0 Å². The van der Waals surface area contributed by atoms with Gasteiger partial charge in [-0.25, -0.2) is 0 Å². The first kappa shape index (κ1) is 76.3. The summed E-state index contributed by atoms with van der Waals surface area (Å²) in [6.45, 7) is 3.31. The van der Waals surface area contributed by atoms with Crippen molar-refractivity contribution in [3.63, 3.8) is 0 Å². The van der Waals surface area contributed by atoms with Crippen LogP contribution in [0, 0.1) is 11.8 Å². The molecule has 13 atom stereocenters. The van der Waals surface area contributed by atoms with E-state index in [1.807, 2.05) is 19.2 Å². The van der Waals surface area contributed by atoms with E-state index < -0.39 is 201 Å². The lowest BCUT2D eigenvalue weighted by Crippen LogP contribution is -2.64. The molecule has 4 aliphatic heterocycles. The van der Waals surface area contributed by atoms with Crippen molar-refractivity contribution in [3.05, 3.63) is 77.9 Å². The molecule has 6 fully saturated rings. The van der Waals surface area contributed by atoms with Crippen LogP contribution >= 0.6 is 11.2 Å². The number of hydrogen-bond acceptors (Lipinski definition) is 24. The number of aliphatic hydroxyl groups excluding tert-OH is 8. The highest BCUT2D eigenvalue weighted by atomic mass is 32.3. The van der Waals surface area contributed by atoms with Crippen LogP contribution in [0.25, 0.3) is 11.1 Å².